The smallest absolute Gasteiger partial charge is 0.319 e. The molecule has 1 atom stereocenters. The Labute approximate surface area is 103 Å². The molecule has 94 valence electrons. The lowest BCUT2D eigenvalue weighted by atomic mass is 10.2. The maximum absolute atomic E-state index is 11.6. The van der Waals surface area contributed by atoms with Gasteiger partial charge in [0.05, 0.1) is 0 Å². The fourth-order valence-electron chi connectivity index (χ4n) is 1.67. The molecule has 17 heavy (non-hydrogen) atoms. The first kappa shape index (κ1) is 13.5. The fraction of sp³-hybridized carbons (Fsp3) is 0.462. The van der Waals surface area contributed by atoms with Crippen LogP contribution in [0, 0.1) is 0 Å². The molecule has 0 heterocycles. The number of amides is 2. The van der Waals surface area contributed by atoms with Crippen LogP contribution in [-0.2, 0) is 6.54 Å². The van der Waals surface area contributed by atoms with E-state index in [1.807, 2.05) is 31.2 Å². The van der Waals surface area contributed by atoms with Crippen molar-refractivity contribution in [3.05, 3.63) is 29.8 Å². The summed E-state index contributed by atoms with van der Waals surface area (Å²) in [7, 11) is 0. The second-order valence-corrected chi connectivity index (χ2v) is 4.19. The van der Waals surface area contributed by atoms with E-state index < -0.39 is 0 Å². The van der Waals surface area contributed by atoms with Gasteiger partial charge >= 0.3 is 6.03 Å². The van der Waals surface area contributed by atoms with Crippen LogP contribution >= 0.6 is 0 Å². The molecule has 0 aliphatic carbocycles. The van der Waals surface area contributed by atoms with Gasteiger partial charge in [-0.2, -0.15) is 0 Å². The highest BCUT2D eigenvalue weighted by Crippen LogP contribution is 2.10. The molecular weight excluding hydrogens is 214 g/mol. The maximum Gasteiger partial charge on any atom is 0.319 e. The molecule has 0 saturated heterocycles. The summed E-state index contributed by atoms with van der Waals surface area (Å²) in [4.78, 5) is 11.6. The summed E-state index contributed by atoms with van der Waals surface area (Å²) in [5, 5.41) is 5.69. The molecule has 2 amide bonds. The van der Waals surface area contributed by atoms with Crippen LogP contribution in [0.15, 0.2) is 24.3 Å². The second-order valence-electron chi connectivity index (χ2n) is 4.19. The van der Waals surface area contributed by atoms with Crippen LogP contribution in [0.5, 0.6) is 0 Å². The average molecular weight is 235 g/mol. The van der Waals surface area contributed by atoms with Gasteiger partial charge in [0.2, 0.25) is 0 Å². The molecule has 4 nitrogen and oxygen atoms in total. The van der Waals surface area contributed by atoms with Crippen molar-refractivity contribution in [2.45, 2.75) is 39.3 Å². The van der Waals surface area contributed by atoms with Crippen LogP contribution in [0.1, 0.15) is 32.3 Å². The van der Waals surface area contributed by atoms with Gasteiger partial charge in [-0.25, -0.2) is 4.79 Å². The molecule has 0 aromatic heterocycles. The van der Waals surface area contributed by atoms with E-state index in [1.54, 1.807) is 0 Å². The van der Waals surface area contributed by atoms with Crippen molar-refractivity contribution in [3.63, 3.8) is 0 Å². The van der Waals surface area contributed by atoms with E-state index in [2.05, 4.69) is 17.6 Å². The van der Waals surface area contributed by atoms with Crippen molar-refractivity contribution in [1.29, 1.82) is 0 Å². The van der Waals surface area contributed by atoms with Crippen molar-refractivity contribution in [2.75, 3.05) is 5.32 Å². The molecule has 4 heteroatoms. The molecule has 0 spiro atoms. The lowest BCUT2D eigenvalue weighted by Crippen LogP contribution is -2.35. The summed E-state index contributed by atoms with van der Waals surface area (Å²) < 4.78 is 0. The summed E-state index contributed by atoms with van der Waals surface area (Å²) in [5.41, 5.74) is 7.32. The first-order valence-corrected chi connectivity index (χ1v) is 6.02. The van der Waals surface area contributed by atoms with Crippen molar-refractivity contribution in [2.24, 2.45) is 5.73 Å². The van der Waals surface area contributed by atoms with Gasteiger partial charge in [0.15, 0.2) is 0 Å². The zero-order valence-corrected chi connectivity index (χ0v) is 10.5. The Balaban J connectivity index is 2.49. The highest BCUT2D eigenvalue weighted by Gasteiger charge is 2.06. The predicted octanol–water partition coefficient (Wildman–Crippen LogP) is 2.46. The Kier molecular flexibility index (Phi) is 5.49. The topological polar surface area (TPSA) is 67.2 Å². The van der Waals surface area contributed by atoms with Crippen LogP contribution in [0.2, 0.25) is 0 Å². The minimum Gasteiger partial charge on any atom is -0.335 e. The van der Waals surface area contributed by atoms with Gasteiger partial charge < -0.3 is 16.4 Å². The lowest BCUT2D eigenvalue weighted by Gasteiger charge is -2.13. The maximum atomic E-state index is 11.6. The summed E-state index contributed by atoms with van der Waals surface area (Å²) in [6, 6.07) is 7.57. The molecule has 1 unspecified atom stereocenters. The van der Waals surface area contributed by atoms with Crippen molar-refractivity contribution < 1.29 is 4.79 Å². The van der Waals surface area contributed by atoms with Crippen molar-refractivity contribution >= 4 is 11.7 Å². The van der Waals surface area contributed by atoms with E-state index >= 15 is 0 Å². The monoisotopic (exact) mass is 235 g/mol. The number of nitrogens with one attached hydrogen (secondary N) is 2. The molecule has 4 N–H and O–H groups in total. The minimum atomic E-state index is -0.167. The number of nitrogens with two attached hydrogens (primary N) is 1. The van der Waals surface area contributed by atoms with Gasteiger partial charge in [0, 0.05) is 18.3 Å². The molecule has 0 bridgehead atoms. The summed E-state index contributed by atoms with van der Waals surface area (Å²) in [5.74, 6) is 0. The Bertz CT molecular complexity index is 365. The molecule has 1 aromatic carbocycles. The summed E-state index contributed by atoms with van der Waals surface area (Å²) in [6.07, 6.45) is 2.04. The third-order valence-corrected chi connectivity index (χ3v) is 2.52. The first-order valence-electron chi connectivity index (χ1n) is 6.02. The quantitative estimate of drug-likeness (QED) is 0.734. The van der Waals surface area contributed by atoms with Gasteiger partial charge in [-0.3, -0.25) is 0 Å². The van der Waals surface area contributed by atoms with Crippen LogP contribution < -0.4 is 16.4 Å². The largest absolute Gasteiger partial charge is 0.335 e. The molecule has 0 fully saturated rings. The molecular formula is C13H21N3O. The van der Waals surface area contributed by atoms with Gasteiger partial charge in [0.25, 0.3) is 0 Å². The Hall–Kier alpha value is -1.55. The molecule has 0 radical (unpaired) electrons. The Morgan fingerprint density at radius 2 is 2.24 bits per heavy atom. The van der Waals surface area contributed by atoms with Crippen molar-refractivity contribution in [3.8, 4) is 0 Å². The molecule has 0 aliphatic heterocycles. The molecule has 0 aliphatic rings. The van der Waals surface area contributed by atoms with Crippen molar-refractivity contribution in [1.82, 2.24) is 5.32 Å². The van der Waals surface area contributed by atoms with E-state index in [0.717, 1.165) is 24.1 Å². The SMILES string of the molecule is CCCC(C)NC(=O)Nc1cccc(CN)c1. The number of rotatable bonds is 5. The Morgan fingerprint density at radius 1 is 1.47 bits per heavy atom. The second kappa shape index (κ2) is 6.91. The zero-order valence-electron chi connectivity index (χ0n) is 10.5. The van der Waals surface area contributed by atoms with Crippen LogP contribution in [0.4, 0.5) is 10.5 Å². The highest BCUT2D eigenvalue weighted by molar-refractivity contribution is 5.89. The number of carbonyl (C=O) groups excluding carboxylic acids is 1. The Morgan fingerprint density at radius 3 is 2.88 bits per heavy atom. The fourth-order valence-corrected chi connectivity index (χ4v) is 1.67. The normalized spacial score (nSPS) is 11.9. The van der Waals surface area contributed by atoms with Crippen LogP contribution in [-0.4, -0.2) is 12.1 Å². The number of benzene rings is 1. The van der Waals surface area contributed by atoms with Gasteiger partial charge in [-0.15, -0.1) is 0 Å². The third kappa shape index (κ3) is 4.87. The van der Waals surface area contributed by atoms with E-state index in [0.29, 0.717) is 6.54 Å². The minimum absolute atomic E-state index is 0.167. The first-order chi connectivity index (χ1) is 8.15. The van der Waals surface area contributed by atoms with E-state index in [-0.39, 0.29) is 12.1 Å². The average Bonchev–Trinajstić information content (AvgIpc) is 2.29. The molecule has 1 rings (SSSR count). The van der Waals surface area contributed by atoms with E-state index in [9.17, 15) is 4.79 Å². The molecule has 1 aromatic rings. The number of hydrogen-bond acceptors (Lipinski definition) is 2. The van der Waals surface area contributed by atoms with Gasteiger partial charge in [-0.1, -0.05) is 25.5 Å². The number of hydrogen-bond donors (Lipinski definition) is 3. The van der Waals surface area contributed by atoms with Gasteiger partial charge in [0.1, 0.15) is 0 Å². The predicted molar refractivity (Wildman–Crippen MR) is 70.9 cm³/mol. The third-order valence-electron chi connectivity index (χ3n) is 2.52. The number of urea groups is 1. The van der Waals surface area contributed by atoms with Gasteiger partial charge in [-0.05, 0) is 31.0 Å². The van der Waals surface area contributed by atoms with Crippen LogP contribution in [0.25, 0.3) is 0 Å². The number of carbonyl (C=O) groups is 1. The number of anilines is 1. The lowest BCUT2D eigenvalue weighted by molar-refractivity contribution is 0.248. The molecule has 0 saturated carbocycles. The van der Waals surface area contributed by atoms with E-state index in [4.69, 9.17) is 5.73 Å². The highest BCUT2D eigenvalue weighted by atomic mass is 16.2. The van der Waals surface area contributed by atoms with E-state index in [1.165, 1.54) is 0 Å². The zero-order chi connectivity index (χ0) is 12.7. The summed E-state index contributed by atoms with van der Waals surface area (Å²) >= 11 is 0. The summed E-state index contributed by atoms with van der Waals surface area (Å²) in [6.45, 7) is 4.57. The standard InChI is InChI=1S/C13H21N3O/c1-3-5-10(2)15-13(17)16-12-7-4-6-11(8-12)9-14/h4,6-8,10H,3,5,9,14H2,1-2H3,(H2,15,16,17). The van der Waals surface area contributed by atoms with Crippen LogP contribution in [0.3, 0.4) is 0 Å².